The van der Waals surface area contributed by atoms with Gasteiger partial charge in [0.2, 0.25) is 0 Å². The number of halogens is 2. The summed E-state index contributed by atoms with van der Waals surface area (Å²) in [6.07, 6.45) is 0. The predicted molar refractivity (Wildman–Crippen MR) is 93.9 cm³/mol. The van der Waals surface area contributed by atoms with Crippen LogP contribution in [0.2, 0.25) is 0 Å². The Kier molecular flexibility index (Phi) is 5.28. The summed E-state index contributed by atoms with van der Waals surface area (Å²) in [4.78, 5) is 15.6. The van der Waals surface area contributed by atoms with Crippen LogP contribution in [0, 0.1) is 18.6 Å². The molecule has 1 fully saturated rings. The van der Waals surface area contributed by atoms with Gasteiger partial charge in [-0.2, -0.15) is 0 Å². The molecule has 0 bridgehead atoms. The molecule has 25 heavy (non-hydrogen) atoms. The highest BCUT2D eigenvalue weighted by Crippen LogP contribution is 2.19. The van der Waals surface area contributed by atoms with Gasteiger partial charge in [0.25, 0.3) is 5.91 Å². The van der Waals surface area contributed by atoms with Crippen molar-refractivity contribution in [2.75, 3.05) is 42.9 Å². The largest absolute Gasteiger partial charge is 0.360 e. The number of aryl methyl sites for hydroxylation is 1. The number of amides is 1. The summed E-state index contributed by atoms with van der Waals surface area (Å²) < 4.78 is 26.5. The van der Waals surface area contributed by atoms with Crippen LogP contribution < -0.4 is 15.1 Å². The lowest BCUT2D eigenvalue weighted by Crippen LogP contribution is -3.15. The first kappa shape index (κ1) is 17.4. The fourth-order valence-electron chi connectivity index (χ4n) is 3.17. The molecular formula is C19H22F2N3O+. The Morgan fingerprint density at radius 2 is 1.88 bits per heavy atom. The highest BCUT2D eigenvalue weighted by atomic mass is 19.1. The maximum atomic E-state index is 13.6. The van der Waals surface area contributed by atoms with E-state index in [0.29, 0.717) is 0 Å². The monoisotopic (exact) mass is 346 g/mol. The molecule has 1 saturated heterocycles. The van der Waals surface area contributed by atoms with E-state index in [0.717, 1.165) is 43.2 Å². The van der Waals surface area contributed by atoms with Crippen molar-refractivity contribution in [3.8, 4) is 0 Å². The van der Waals surface area contributed by atoms with Crippen molar-refractivity contribution in [3.05, 3.63) is 59.7 Å². The average molecular weight is 346 g/mol. The molecule has 1 aliphatic heterocycles. The molecule has 6 heteroatoms. The maximum Gasteiger partial charge on any atom is 0.279 e. The van der Waals surface area contributed by atoms with Gasteiger partial charge in [0.15, 0.2) is 6.54 Å². The van der Waals surface area contributed by atoms with Crippen molar-refractivity contribution in [2.45, 2.75) is 6.92 Å². The van der Waals surface area contributed by atoms with E-state index in [1.54, 1.807) is 0 Å². The highest BCUT2D eigenvalue weighted by molar-refractivity contribution is 5.91. The average Bonchev–Trinajstić information content (AvgIpc) is 2.59. The molecule has 0 aromatic heterocycles. The Morgan fingerprint density at radius 1 is 1.16 bits per heavy atom. The number of nitrogens with one attached hydrogen (secondary N) is 2. The molecule has 0 spiro atoms. The Morgan fingerprint density at radius 3 is 2.56 bits per heavy atom. The Balaban J connectivity index is 1.52. The van der Waals surface area contributed by atoms with E-state index in [1.165, 1.54) is 17.3 Å². The topological polar surface area (TPSA) is 36.8 Å². The van der Waals surface area contributed by atoms with E-state index in [1.807, 2.05) is 12.1 Å². The van der Waals surface area contributed by atoms with Gasteiger partial charge < -0.3 is 15.1 Å². The molecule has 3 rings (SSSR count). The third-order valence-electron chi connectivity index (χ3n) is 4.54. The molecule has 2 N–H and O–H groups in total. The molecule has 1 aliphatic rings. The molecule has 4 nitrogen and oxygen atoms in total. The van der Waals surface area contributed by atoms with E-state index in [2.05, 4.69) is 29.3 Å². The van der Waals surface area contributed by atoms with Crippen LogP contribution in [0.3, 0.4) is 0 Å². The van der Waals surface area contributed by atoms with Gasteiger partial charge in [-0.25, -0.2) is 8.78 Å². The summed E-state index contributed by atoms with van der Waals surface area (Å²) in [6.45, 7) is 5.80. The van der Waals surface area contributed by atoms with Crippen LogP contribution >= 0.6 is 0 Å². The van der Waals surface area contributed by atoms with Crippen LogP contribution in [0.4, 0.5) is 20.2 Å². The van der Waals surface area contributed by atoms with Crippen LogP contribution in [0.25, 0.3) is 0 Å². The Labute approximate surface area is 146 Å². The van der Waals surface area contributed by atoms with Crippen molar-refractivity contribution >= 4 is 17.3 Å². The number of hydrogen-bond donors (Lipinski definition) is 2. The minimum absolute atomic E-state index is 0.0179. The first-order valence-corrected chi connectivity index (χ1v) is 8.42. The van der Waals surface area contributed by atoms with Gasteiger partial charge in [0, 0.05) is 11.8 Å². The third kappa shape index (κ3) is 4.33. The maximum absolute atomic E-state index is 13.6. The van der Waals surface area contributed by atoms with Crippen LogP contribution in [0.1, 0.15) is 5.56 Å². The molecule has 1 amide bonds. The van der Waals surface area contributed by atoms with Crippen molar-refractivity contribution in [2.24, 2.45) is 0 Å². The number of anilines is 2. The van der Waals surface area contributed by atoms with E-state index in [4.69, 9.17) is 0 Å². The zero-order valence-corrected chi connectivity index (χ0v) is 14.2. The SMILES string of the molecule is Cc1ccccc1N1CC[NH+](CC(=O)Nc2ccc(F)cc2F)CC1. The second kappa shape index (κ2) is 7.61. The minimum atomic E-state index is -0.757. The van der Waals surface area contributed by atoms with Crippen LogP contribution in [-0.4, -0.2) is 38.6 Å². The summed E-state index contributed by atoms with van der Waals surface area (Å²) >= 11 is 0. The molecule has 0 unspecified atom stereocenters. The van der Waals surface area contributed by atoms with Crippen molar-refractivity contribution in [3.63, 3.8) is 0 Å². The molecule has 0 aliphatic carbocycles. The molecule has 0 saturated carbocycles. The number of benzene rings is 2. The normalized spacial score (nSPS) is 15.2. The lowest BCUT2D eigenvalue weighted by atomic mass is 10.1. The van der Waals surface area contributed by atoms with Gasteiger partial charge in [-0.05, 0) is 30.7 Å². The quantitative estimate of drug-likeness (QED) is 0.883. The second-order valence-corrected chi connectivity index (χ2v) is 6.37. The van der Waals surface area contributed by atoms with Gasteiger partial charge in [-0.1, -0.05) is 18.2 Å². The summed E-state index contributed by atoms with van der Waals surface area (Å²) in [5, 5.41) is 2.52. The predicted octanol–water partition coefficient (Wildman–Crippen LogP) is 1.62. The summed E-state index contributed by atoms with van der Waals surface area (Å²) in [5.41, 5.74) is 2.50. The van der Waals surface area contributed by atoms with Gasteiger partial charge in [0.1, 0.15) is 11.6 Å². The highest BCUT2D eigenvalue weighted by Gasteiger charge is 2.23. The molecule has 132 valence electrons. The minimum Gasteiger partial charge on any atom is -0.360 e. The van der Waals surface area contributed by atoms with E-state index < -0.39 is 11.6 Å². The van der Waals surface area contributed by atoms with E-state index >= 15 is 0 Å². The smallest absolute Gasteiger partial charge is 0.279 e. The Hall–Kier alpha value is -2.47. The number of rotatable bonds is 4. The number of carbonyl (C=O) groups is 1. The lowest BCUT2D eigenvalue weighted by Gasteiger charge is -2.34. The van der Waals surface area contributed by atoms with E-state index in [9.17, 15) is 13.6 Å². The number of para-hydroxylation sites is 1. The van der Waals surface area contributed by atoms with Gasteiger partial charge in [-0.15, -0.1) is 0 Å². The molecule has 0 radical (unpaired) electrons. The fourth-order valence-corrected chi connectivity index (χ4v) is 3.17. The first-order chi connectivity index (χ1) is 12.0. The second-order valence-electron chi connectivity index (χ2n) is 6.37. The van der Waals surface area contributed by atoms with Crippen molar-refractivity contribution in [1.29, 1.82) is 0 Å². The number of piperazine rings is 1. The van der Waals surface area contributed by atoms with Crippen LogP contribution in [0.15, 0.2) is 42.5 Å². The fraction of sp³-hybridized carbons (Fsp3) is 0.316. The van der Waals surface area contributed by atoms with Gasteiger partial charge in [0.05, 0.1) is 31.9 Å². The van der Waals surface area contributed by atoms with Crippen LogP contribution in [-0.2, 0) is 4.79 Å². The van der Waals surface area contributed by atoms with E-state index in [-0.39, 0.29) is 18.1 Å². The number of nitrogens with zero attached hydrogens (tertiary/aromatic N) is 1. The molecule has 0 atom stereocenters. The molecule has 2 aromatic rings. The number of carbonyl (C=O) groups excluding carboxylic acids is 1. The third-order valence-corrected chi connectivity index (χ3v) is 4.54. The zero-order chi connectivity index (χ0) is 17.8. The summed E-state index contributed by atoms with van der Waals surface area (Å²) in [6, 6.07) is 11.4. The number of hydrogen-bond acceptors (Lipinski definition) is 2. The molecular weight excluding hydrogens is 324 g/mol. The lowest BCUT2D eigenvalue weighted by molar-refractivity contribution is -0.892. The van der Waals surface area contributed by atoms with Gasteiger partial charge >= 0.3 is 0 Å². The van der Waals surface area contributed by atoms with Crippen LogP contribution in [0.5, 0.6) is 0 Å². The van der Waals surface area contributed by atoms with Crippen molar-refractivity contribution < 1.29 is 18.5 Å². The standard InChI is InChI=1S/C19H21F2N3O/c1-14-4-2-3-5-18(14)24-10-8-23(9-11-24)13-19(25)22-17-7-6-15(20)12-16(17)21/h2-7,12H,8-11,13H2,1H3,(H,22,25)/p+1. The van der Waals surface area contributed by atoms with Crippen molar-refractivity contribution in [1.82, 2.24) is 0 Å². The molecule has 2 aromatic carbocycles. The number of quaternary nitrogens is 1. The zero-order valence-electron chi connectivity index (χ0n) is 14.2. The Bertz CT molecular complexity index is 758. The summed E-state index contributed by atoms with van der Waals surface area (Å²) in [7, 11) is 0. The molecule has 1 heterocycles. The first-order valence-electron chi connectivity index (χ1n) is 8.42. The van der Waals surface area contributed by atoms with Gasteiger partial charge in [-0.3, -0.25) is 4.79 Å². The summed E-state index contributed by atoms with van der Waals surface area (Å²) in [5.74, 6) is -1.67.